The van der Waals surface area contributed by atoms with Gasteiger partial charge in [0, 0.05) is 24.2 Å². The third-order valence-corrected chi connectivity index (χ3v) is 9.43. The predicted molar refractivity (Wildman–Crippen MR) is 93.3 cm³/mol. The molecule has 0 saturated carbocycles. The largest absolute Gasteiger partial charge is 0.512 e. The van der Waals surface area contributed by atoms with Gasteiger partial charge in [-0.1, -0.05) is 59.8 Å². The van der Waals surface area contributed by atoms with Crippen molar-refractivity contribution in [2.24, 2.45) is 0 Å². The van der Waals surface area contributed by atoms with Crippen LogP contribution in [0.3, 0.4) is 0 Å². The van der Waals surface area contributed by atoms with E-state index in [1.807, 2.05) is 26.8 Å². The molecule has 5 heteroatoms. The summed E-state index contributed by atoms with van der Waals surface area (Å²) in [6, 6.07) is 10.4. The molecule has 1 rings (SSSR count). The van der Waals surface area contributed by atoms with E-state index in [4.69, 9.17) is 13.3 Å². The molecule has 0 fully saturated rings. The maximum atomic E-state index is 6.11. The van der Waals surface area contributed by atoms with Crippen molar-refractivity contribution >= 4 is 31.4 Å². The second kappa shape index (κ2) is 8.48. The fourth-order valence-corrected chi connectivity index (χ4v) is 7.19. The van der Waals surface area contributed by atoms with Crippen molar-refractivity contribution in [1.82, 2.24) is 0 Å². The molecule has 0 N–H and O–H groups in total. The number of rotatable bonds is 9. The van der Waals surface area contributed by atoms with Crippen LogP contribution >= 0.6 is 22.6 Å². The Balaban J connectivity index is 3.31. The maximum Gasteiger partial charge on any atom is 0.512 e. The van der Waals surface area contributed by atoms with E-state index in [1.165, 1.54) is 5.56 Å². The van der Waals surface area contributed by atoms with Crippen molar-refractivity contribution in [3.05, 3.63) is 35.9 Å². The molecule has 0 aromatic heterocycles. The third-order valence-electron chi connectivity index (χ3n) is 3.36. The summed E-state index contributed by atoms with van der Waals surface area (Å²) in [6.07, 6.45) is 0. The van der Waals surface area contributed by atoms with E-state index in [9.17, 15) is 0 Å². The molecule has 1 aromatic rings. The van der Waals surface area contributed by atoms with Crippen molar-refractivity contribution in [2.75, 3.05) is 24.2 Å². The molecule has 0 heterocycles. The Morgan fingerprint density at radius 2 is 1.40 bits per heavy atom. The van der Waals surface area contributed by atoms with Crippen LogP contribution in [0.4, 0.5) is 0 Å². The average Bonchev–Trinajstić information content (AvgIpc) is 2.48. The standard InChI is InChI=1S/C15H25IO3Si/c1-5-17-20(18-6-2,19-7-3)15(4,13-16)14-11-9-8-10-12-14/h8-12H,5-7,13H2,1-4H3. The van der Waals surface area contributed by atoms with Crippen LogP contribution in [0.1, 0.15) is 33.3 Å². The van der Waals surface area contributed by atoms with Gasteiger partial charge in [0.2, 0.25) is 0 Å². The average molecular weight is 408 g/mol. The smallest absolute Gasteiger partial charge is 0.373 e. The van der Waals surface area contributed by atoms with Gasteiger partial charge in [0.25, 0.3) is 0 Å². The molecular formula is C15H25IO3Si. The van der Waals surface area contributed by atoms with Gasteiger partial charge in [0.1, 0.15) is 0 Å². The Hall–Kier alpha value is 0.0469. The number of alkyl halides is 1. The molecule has 1 atom stereocenters. The predicted octanol–water partition coefficient (Wildman–Crippen LogP) is 3.97. The summed E-state index contributed by atoms with van der Waals surface area (Å²) >= 11 is 2.41. The van der Waals surface area contributed by atoms with Gasteiger partial charge in [0.15, 0.2) is 0 Å². The Morgan fingerprint density at radius 3 is 1.75 bits per heavy atom. The van der Waals surface area contributed by atoms with Gasteiger partial charge < -0.3 is 13.3 Å². The first kappa shape index (κ1) is 18.1. The molecule has 0 bridgehead atoms. The second-order valence-electron chi connectivity index (χ2n) is 4.69. The summed E-state index contributed by atoms with van der Waals surface area (Å²) in [7, 11) is -2.80. The summed E-state index contributed by atoms with van der Waals surface area (Å²) in [5.41, 5.74) is 1.22. The van der Waals surface area contributed by atoms with Gasteiger partial charge in [-0.25, -0.2) is 0 Å². The molecule has 0 radical (unpaired) electrons. The lowest BCUT2D eigenvalue weighted by Crippen LogP contribution is -2.62. The molecule has 0 aliphatic heterocycles. The molecule has 1 unspecified atom stereocenters. The van der Waals surface area contributed by atoms with Gasteiger partial charge >= 0.3 is 8.80 Å². The molecule has 3 nitrogen and oxygen atoms in total. The van der Waals surface area contributed by atoms with Crippen LogP contribution in [0.5, 0.6) is 0 Å². The van der Waals surface area contributed by atoms with Crippen molar-refractivity contribution < 1.29 is 13.3 Å². The third kappa shape index (κ3) is 3.62. The second-order valence-corrected chi connectivity index (χ2v) is 8.53. The van der Waals surface area contributed by atoms with E-state index in [-0.39, 0.29) is 5.04 Å². The maximum absolute atomic E-state index is 6.11. The minimum atomic E-state index is -2.80. The van der Waals surface area contributed by atoms with E-state index in [0.29, 0.717) is 19.8 Å². The molecule has 0 saturated heterocycles. The van der Waals surface area contributed by atoms with E-state index < -0.39 is 8.80 Å². The SMILES string of the molecule is CCO[Si](OCC)(OCC)C(C)(CI)c1ccccc1. The highest BCUT2D eigenvalue weighted by Gasteiger charge is 2.58. The minimum Gasteiger partial charge on any atom is -0.373 e. The van der Waals surface area contributed by atoms with E-state index in [1.54, 1.807) is 0 Å². The first-order valence-electron chi connectivity index (χ1n) is 7.13. The van der Waals surface area contributed by atoms with Crippen molar-refractivity contribution in [2.45, 2.75) is 32.7 Å². The molecule has 20 heavy (non-hydrogen) atoms. The van der Waals surface area contributed by atoms with Crippen LogP contribution in [0.2, 0.25) is 0 Å². The normalized spacial score (nSPS) is 15.1. The Morgan fingerprint density at radius 1 is 0.950 bits per heavy atom. The number of halogens is 1. The molecular weight excluding hydrogens is 383 g/mol. The Kier molecular flexibility index (Phi) is 7.67. The topological polar surface area (TPSA) is 27.7 Å². The molecule has 114 valence electrons. The van der Waals surface area contributed by atoms with Crippen LogP contribution in [0.25, 0.3) is 0 Å². The summed E-state index contributed by atoms with van der Waals surface area (Å²) in [4.78, 5) is 0. The Labute approximate surface area is 137 Å². The Bertz CT molecular complexity index is 371. The fraction of sp³-hybridized carbons (Fsp3) is 0.600. The number of benzene rings is 1. The van der Waals surface area contributed by atoms with Crippen molar-refractivity contribution in [3.8, 4) is 0 Å². The summed E-state index contributed by atoms with van der Waals surface area (Å²) in [5.74, 6) is 0. The zero-order valence-corrected chi connectivity index (χ0v) is 16.0. The zero-order chi connectivity index (χ0) is 15.1. The van der Waals surface area contributed by atoms with E-state index in [0.717, 1.165) is 4.43 Å². The van der Waals surface area contributed by atoms with E-state index >= 15 is 0 Å². The minimum absolute atomic E-state index is 0.239. The highest BCUT2D eigenvalue weighted by molar-refractivity contribution is 14.1. The molecule has 0 aliphatic rings. The lowest BCUT2D eigenvalue weighted by molar-refractivity contribution is 0.0504. The highest BCUT2D eigenvalue weighted by atomic mass is 127. The molecule has 0 aliphatic carbocycles. The van der Waals surface area contributed by atoms with Gasteiger partial charge in [-0.15, -0.1) is 0 Å². The lowest BCUT2D eigenvalue weighted by atomic mass is 10.0. The van der Waals surface area contributed by atoms with Gasteiger partial charge in [-0.2, -0.15) is 0 Å². The van der Waals surface area contributed by atoms with E-state index in [2.05, 4.69) is 53.8 Å². The quantitative estimate of drug-likeness (QED) is 0.352. The zero-order valence-electron chi connectivity index (χ0n) is 12.8. The number of hydrogen-bond donors (Lipinski definition) is 0. The molecule has 0 spiro atoms. The monoisotopic (exact) mass is 408 g/mol. The molecule has 1 aromatic carbocycles. The van der Waals surface area contributed by atoms with Crippen LogP contribution in [0, 0.1) is 0 Å². The number of hydrogen-bond acceptors (Lipinski definition) is 3. The summed E-state index contributed by atoms with van der Waals surface area (Å²) in [5, 5.41) is -0.239. The molecule has 0 amide bonds. The fourth-order valence-electron chi connectivity index (χ4n) is 2.31. The summed E-state index contributed by atoms with van der Waals surface area (Å²) < 4.78 is 19.2. The van der Waals surface area contributed by atoms with Crippen molar-refractivity contribution in [1.29, 1.82) is 0 Å². The highest BCUT2D eigenvalue weighted by Crippen LogP contribution is 2.38. The van der Waals surface area contributed by atoms with Crippen LogP contribution in [-0.4, -0.2) is 33.1 Å². The first-order valence-corrected chi connectivity index (χ1v) is 10.4. The first-order chi connectivity index (χ1) is 9.60. The lowest BCUT2D eigenvalue weighted by Gasteiger charge is -2.42. The van der Waals surface area contributed by atoms with Gasteiger partial charge in [-0.05, 0) is 26.3 Å². The van der Waals surface area contributed by atoms with Crippen LogP contribution < -0.4 is 0 Å². The summed E-state index contributed by atoms with van der Waals surface area (Å²) in [6.45, 7) is 10.00. The van der Waals surface area contributed by atoms with Crippen molar-refractivity contribution in [3.63, 3.8) is 0 Å². The van der Waals surface area contributed by atoms with Crippen LogP contribution in [-0.2, 0) is 18.3 Å². The van der Waals surface area contributed by atoms with Crippen LogP contribution in [0.15, 0.2) is 30.3 Å². The van der Waals surface area contributed by atoms with Gasteiger partial charge in [0.05, 0.1) is 5.04 Å². The van der Waals surface area contributed by atoms with Gasteiger partial charge in [-0.3, -0.25) is 0 Å².